The molecule has 0 fully saturated rings. The second-order valence-electron chi connectivity index (χ2n) is 6.17. The van der Waals surface area contributed by atoms with Crippen molar-refractivity contribution in [2.45, 2.75) is 19.3 Å². The number of ether oxygens (including phenoxy) is 1. The number of fused-ring (bicyclic) bond motifs is 1. The van der Waals surface area contributed by atoms with Crippen LogP contribution in [0.3, 0.4) is 0 Å². The molecule has 0 heterocycles. The van der Waals surface area contributed by atoms with Gasteiger partial charge in [-0.15, -0.1) is 0 Å². The average Bonchev–Trinajstić information content (AvgIpc) is 2.66. The van der Waals surface area contributed by atoms with E-state index in [0.29, 0.717) is 29.5 Å². The Labute approximate surface area is 162 Å². The monoisotopic (exact) mass is 387 g/mol. The van der Waals surface area contributed by atoms with Crippen LogP contribution in [0.25, 0.3) is 10.8 Å². The number of amides is 2. The van der Waals surface area contributed by atoms with Crippen molar-refractivity contribution in [3.63, 3.8) is 0 Å². The lowest BCUT2D eigenvalue weighted by Gasteiger charge is -2.10. The number of aliphatic imine (C=N–C) groups is 1. The number of aromatic hydroxyl groups is 1. The quantitative estimate of drug-likeness (QED) is 0.202. The number of hydrogen-bond donors (Lipinski definition) is 5. The van der Waals surface area contributed by atoms with Gasteiger partial charge in [-0.2, -0.15) is 0 Å². The van der Waals surface area contributed by atoms with Crippen molar-refractivity contribution in [1.29, 1.82) is 0 Å². The first-order chi connectivity index (χ1) is 13.4. The van der Waals surface area contributed by atoms with Gasteiger partial charge in [0.1, 0.15) is 5.75 Å². The molecule has 0 aliphatic carbocycles. The summed E-state index contributed by atoms with van der Waals surface area (Å²) < 4.78 is 4.66. The first-order valence-electron chi connectivity index (χ1n) is 8.86. The fourth-order valence-corrected chi connectivity index (χ4v) is 2.65. The van der Waals surface area contributed by atoms with Crippen molar-refractivity contribution in [2.24, 2.45) is 16.5 Å². The molecule has 2 aromatic carbocycles. The van der Waals surface area contributed by atoms with Crippen LogP contribution in [0.5, 0.6) is 5.75 Å². The van der Waals surface area contributed by atoms with Crippen LogP contribution in [0, 0.1) is 0 Å². The summed E-state index contributed by atoms with van der Waals surface area (Å²) in [7, 11) is 1.28. The molecule has 9 heteroatoms. The standard InChI is InChI=1S/C19H25N5O4/c1-28-17(26)13-9-12-5-6-14(11-15(12)16(25)10-13)24-19(27)23-8-4-2-3-7-22-18(20)21/h5-6,9-11,25H,2-4,7-8H2,1H3,(H4,20,21,22)(H2,23,24,27). The number of nitrogens with zero attached hydrogens (tertiary/aromatic N) is 1. The number of nitrogens with two attached hydrogens (primary N) is 2. The van der Waals surface area contributed by atoms with Gasteiger partial charge in [-0.1, -0.05) is 6.07 Å². The molecule has 0 spiro atoms. The van der Waals surface area contributed by atoms with Gasteiger partial charge in [0.15, 0.2) is 5.96 Å². The maximum atomic E-state index is 12.0. The number of urea groups is 1. The minimum Gasteiger partial charge on any atom is -0.507 e. The number of phenols is 1. The van der Waals surface area contributed by atoms with Crippen LogP contribution >= 0.6 is 0 Å². The molecular weight excluding hydrogens is 362 g/mol. The minimum absolute atomic E-state index is 0.0669. The number of unbranched alkanes of at least 4 members (excludes halogenated alkanes) is 2. The molecule has 0 bridgehead atoms. The number of esters is 1. The number of benzene rings is 2. The van der Waals surface area contributed by atoms with E-state index in [9.17, 15) is 14.7 Å². The molecule has 0 aromatic heterocycles. The summed E-state index contributed by atoms with van der Waals surface area (Å²) in [6, 6.07) is 7.65. The highest BCUT2D eigenvalue weighted by Crippen LogP contribution is 2.29. The van der Waals surface area contributed by atoms with Gasteiger partial charge < -0.3 is 31.9 Å². The van der Waals surface area contributed by atoms with Gasteiger partial charge >= 0.3 is 12.0 Å². The van der Waals surface area contributed by atoms with Crippen LogP contribution in [0.15, 0.2) is 35.3 Å². The highest BCUT2D eigenvalue weighted by Gasteiger charge is 2.11. The molecular formula is C19H25N5O4. The molecule has 0 unspecified atom stereocenters. The lowest BCUT2D eigenvalue weighted by Crippen LogP contribution is -2.29. The average molecular weight is 387 g/mol. The summed E-state index contributed by atoms with van der Waals surface area (Å²) in [5.41, 5.74) is 11.3. The molecule has 2 rings (SSSR count). The van der Waals surface area contributed by atoms with E-state index in [-0.39, 0.29) is 23.3 Å². The molecule has 28 heavy (non-hydrogen) atoms. The van der Waals surface area contributed by atoms with Crippen LogP contribution in [0.2, 0.25) is 0 Å². The largest absolute Gasteiger partial charge is 0.507 e. The molecule has 9 nitrogen and oxygen atoms in total. The highest BCUT2D eigenvalue weighted by atomic mass is 16.5. The van der Waals surface area contributed by atoms with E-state index < -0.39 is 5.97 Å². The van der Waals surface area contributed by atoms with E-state index in [1.165, 1.54) is 13.2 Å². The molecule has 2 amide bonds. The van der Waals surface area contributed by atoms with Crippen LogP contribution in [-0.2, 0) is 4.74 Å². The SMILES string of the molecule is COC(=O)c1cc(O)c2cc(NC(=O)NCCCCCN=C(N)N)ccc2c1. The minimum atomic E-state index is -0.530. The maximum Gasteiger partial charge on any atom is 0.338 e. The van der Waals surface area contributed by atoms with Gasteiger partial charge in [0, 0.05) is 24.2 Å². The first kappa shape index (κ1) is 20.8. The number of carbonyl (C=O) groups is 2. The number of methoxy groups -OCH3 is 1. The molecule has 0 atom stereocenters. The normalized spacial score (nSPS) is 10.3. The topological polar surface area (TPSA) is 152 Å². The van der Waals surface area contributed by atoms with E-state index in [2.05, 4.69) is 20.4 Å². The lowest BCUT2D eigenvalue weighted by molar-refractivity contribution is 0.0600. The number of guanidine groups is 1. The molecule has 2 aromatic rings. The predicted octanol–water partition coefficient (Wildman–Crippen LogP) is 1.90. The Kier molecular flexibility index (Phi) is 7.44. The summed E-state index contributed by atoms with van der Waals surface area (Å²) in [5.74, 6) is -0.514. The van der Waals surface area contributed by atoms with E-state index in [0.717, 1.165) is 19.3 Å². The molecule has 150 valence electrons. The zero-order valence-corrected chi connectivity index (χ0v) is 15.7. The van der Waals surface area contributed by atoms with Crippen LogP contribution in [0.4, 0.5) is 10.5 Å². The van der Waals surface area contributed by atoms with E-state index in [1.54, 1.807) is 24.3 Å². The van der Waals surface area contributed by atoms with E-state index in [4.69, 9.17) is 11.5 Å². The van der Waals surface area contributed by atoms with Crippen molar-refractivity contribution in [2.75, 3.05) is 25.5 Å². The Morgan fingerprint density at radius 3 is 2.64 bits per heavy atom. The fourth-order valence-electron chi connectivity index (χ4n) is 2.65. The number of nitrogens with one attached hydrogen (secondary N) is 2. The summed E-state index contributed by atoms with van der Waals surface area (Å²) in [6.45, 7) is 1.10. The molecule has 0 aliphatic rings. The number of rotatable bonds is 8. The number of phenolic OH excluding ortho intramolecular Hbond substituents is 1. The third-order valence-corrected chi connectivity index (χ3v) is 4.03. The zero-order valence-electron chi connectivity index (χ0n) is 15.7. The lowest BCUT2D eigenvalue weighted by atomic mass is 10.0. The van der Waals surface area contributed by atoms with Crippen molar-refractivity contribution in [3.05, 3.63) is 35.9 Å². The van der Waals surface area contributed by atoms with Gasteiger partial charge in [-0.25, -0.2) is 9.59 Å². The number of carbonyl (C=O) groups excluding carboxylic acids is 2. The van der Waals surface area contributed by atoms with E-state index in [1.807, 2.05) is 0 Å². The van der Waals surface area contributed by atoms with Crippen molar-refractivity contribution in [3.8, 4) is 5.75 Å². The number of anilines is 1. The first-order valence-corrected chi connectivity index (χ1v) is 8.86. The third kappa shape index (κ3) is 6.04. The third-order valence-electron chi connectivity index (χ3n) is 4.03. The Morgan fingerprint density at radius 1 is 1.14 bits per heavy atom. The predicted molar refractivity (Wildman–Crippen MR) is 109 cm³/mol. The van der Waals surface area contributed by atoms with Gasteiger partial charge in [-0.05, 0) is 48.9 Å². The van der Waals surface area contributed by atoms with Gasteiger partial charge in [-0.3, -0.25) is 4.99 Å². The van der Waals surface area contributed by atoms with Crippen LogP contribution in [0.1, 0.15) is 29.6 Å². The summed E-state index contributed by atoms with van der Waals surface area (Å²) in [4.78, 5) is 27.5. The molecule has 0 radical (unpaired) electrons. The highest BCUT2D eigenvalue weighted by molar-refractivity contribution is 6.00. The van der Waals surface area contributed by atoms with Crippen LogP contribution < -0.4 is 22.1 Å². The fraction of sp³-hybridized carbons (Fsp3) is 0.316. The van der Waals surface area contributed by atoms with Crippen LogP contribution in [-0.4, -0.2) is 43.3 Å². The van der Waals surface area contributed by atoms with Crippen molar-refractivity contribution < 1.29 is 19.4 Å². The Bertz CT molecular complexity index is 878. The van der Waals surface area contributed by atoms with Gasteiger partial charge in [0.05, 0.1) is 12.7 Å². The Hall–Kier alpha value is -3.49. The zero-order chi connectivity index (χ0) is 20.5. The van der Waals surface area contributed by atoms with Crippen molar-refractivity contribution >= 4 is 34.4 Å². The second kappa shape index (κ2) is 10.0. The molecule has 0 aliphatic heterocycles. The van der Waals surface area contributed by atoms with E-state index >= 15 is 0 Å². The smallest absolute Gasteiger partial charge is 0.338 e. The van der Waals surface area contributed by atoms with Gasteiger partial charge in [0.25, 0.3) is 0 Å². The summed E-state index contributed by atoms with van der Waals surface area (Å²) in [5, 5.41) is 16.8. The maximum absolute atomic E-state index is 12.0. The molecule has 0 saturated carbocycles. The summed E-state index contributed by atoms with van der Waals surface area (Å²) in [6.07, 6.45) is 2.55. The number of hydrogen-bond acceptors (Lipinski definition) is 5. The van der Waals surface area contributed by atoms with Crippen molar-refractivity contribution in [1.82, 2.24) is 5.32 Å². The summed E-state index contributed by atoms with van der Waals surface area (Å²) >= 11 is 0. The van der Waals surface area contributed by atoms with Gasteiger partial charge in [0.2, 0.25) is 0 Å². The Balaban J connectivity index is 1.88. The Morgan fingerprint density at radius 2 is 1.93 bits per heavy atom. The molecule has 0 saturated heterocycles. The second-order valence-corrected chi connectivity index (χ2v) is 6.17. The molecule has 7 N–H and O–H groups in total.